The first-order valence-corrected chi connectivity index (χ1v) is 7.63. The van der Waals surface area contributed by atoms with Crippen molar-refractivity contribution in [1.82, 2.24) is 5.32 Å². The molecule has 0 aliphatic rings. The summed E-state index contributed by atoms with van der Waals surface area (Å²) in [5, 5.41) is 7.69. The van der Waals surface area contributed by atoms with Gasteiger partial charge in [-0.3, -0.25) is 0 Å². The molecule has 0 fully saturated rings. The number of hydrogen-bond acceptors (Lipinski definition) is 4. The minimum absolute atomic E-state index is 0.351. The summed E-state index contributed by atoms with van der Waals surface area (Å²) in [5.74, 6) is 0. The fourth-order valence-corrected chi connectivity index (χ4v) is 4.98. The number of hydrogen-bond donors (Lipinski definition) is 1. The van der Waals surface area contributed by atoms with Crippen LogP contribution in [0.25, 0.3) is 9.40 Å². The summed E-state index contributed by atoms with van der Waals surface area (Å²) in [5.41, 5.74) is 0. The second kappa shape index (κ2) is 4.30. The van der Waals surface area contributed by atoms with Crippen molar-refractivity contribution in [3.8, 4) is 0 Å². The zero-order chi connectivity index (χ0) is 11.0. The predicted molar refractivity (Wildman–Crippen MR) is 74.9 cm³/mol. The molecule has 1 atom stereocenters. The highest BCUT2D eigenvalue weighted by molar-refractivity contribution is 7.27. The molecular weight excluding hydrogens is 254 g/mol. The van der Waals surface area contributed by atoms with Gasteiger partial charge in [0.05, 0.1) is 6.04 Å². The molecule has 0 saturated carbocycles. The van der Waals surface area contributed by atoms with Crippen LogP contribution in [0.2, 0.25) is 0 Å². The third kappa shape index (κ3) is 1.72. The van der Waals surface area contributed by atoms with E-state index in [1.807, 2.05) is 41.1 Å². The van der Waals surface area contributed by atoms with Crippen molar-refractivity contribution in [1.29, 1.82) is 0 Å². The van der Waals surface area contributed by atoms with Crippen LogP contribution in [-0.2, 0) is 0 Å². The molecule has 16 heavy (non-hydrogen) atoms. The average Bonchev–Trinajstić information content (AvgIpc) is 2.91. The predicted octanol–water partition coefficient (Wildman–Crippen LogP) is 4.33. The molecule has 0 saturated heterocycles. The van der Waals surface area contributed by atoms with E-state index in [2.05, 4.69) is 40.3 Å². The largest absolute Gasteiger partial charge is 0.308 e. The summed E-state index contributed by atoms with van der Waals surface area (Å²) in [6.45, 7) is 0. The van der Waals surface area contributed by atoms with Crippen LogP contribution in [0.15, 0.2) is 35.0 Å². The van der Waals surface area contributed by atoms with Gasteiger partial charge in [-0.15, -0.1) is 34.0 Å². The molecule has 1 nitrogen and oxygen atoms in total. The molecule has 0 spiro atoms. The van der Waals surface area contributed by atoms with Crippen LogP contribution < -0.4 is 5.32 Å². The summed E-state index contributed by atoms with van der Waals surface area (Å²) < 4.78 is 2.80. The van der Waals surface area contributed by atoms with Crippen molar-refractivity contribution < 1.29 is 0 Å². The Balaban J connectivity index is 2.04. The molecule has 3 heterocycles. The minimum atomic E-state index is 0.351. The topological polar surface area (TPSA) is 12.0 Å². The van der Waals surface area contributed by atoms with E-state index in [1.54, 1.807) is 0 Å². The van der Waals surface area contributed by atoms with Crippen molar-refractivity contribution >= 4 is 43.4 Å². The second-order valence-electron chi connectivity index (χ2n) is 3.53. The standard InChI is InChI=1S/C12H11NS3/c1-13-12(9-3-2-5-14-9)11-7-10-8(16-11)4-6-15-10/h2-7,12-13H,1H3. The smallest absolute Gasteiger partial charge is 0.0763 e. The van der Waals surface area contributed by atoms with Crippen LogP contribution in [0.1, 0.15) is 15.8 Å². The second-order valence-corrected chi connectivity index (χ2v) is 6.58. The lowest BCUT2D eigenvalue weighted by molar-refractivity contribution is 0.717. The number of fused-ring (bicyclic) bond motifs is 1. The highest BCUT2D eigenvalue weighted by Crippen LogP contribution is 2.36. The summed E-state index contributed by atoms with van der Waals surface area (Å²) in [4.78, 5) is 2.79. The molecule has 1 N–H and O–H groups in total. The molecule has 4 heteroatoms. The summed E-state index contributed by atoms with van der Waals surface area (Å²) in [7, 11) is 2.03. The van der Waals surface area contributed by atoms with Gasteiger partial charge in [-0.2, -0.15) is 0 Å². The average molecular weight is 265 g/mol. The van der Waals surface area contributed by atoms with Gasteiger partial charge in [-0.05, 0) is 36.0 Å². The molecule has 0 bridgehead atoms. The van der Waals surface area contributed by atoms with E-state index in [0.717, 1.165) is 0 Å². The first kappa shape index (κ1) is 10.5. The third-order valence-corrected chi connectivity index (χ3v) is 5.65. The van der Waals surface area contributed by atoms with Gasteiger partial charge in [0.15, 0.2) is 0 Å². The van der Waals surface area contributed by atoms with E-state index in [1.165, 1.54) is 19.2 Å². The SMILES string of the molecule is CNC(c1cccs1)c1cc2sccc2s1. The van der Waals surface area contributed by atoms with E-state index < -0.39 is 0 Å². The maximum absolute atomic E-state index is 3.40. The molecular formula is C12H11NS3. The lowest BCUT2D eigenvalue weighted by Crippen LogP contribution is -2.14. The normalized spacial score (nSPS) is 13.3. The lowest BCUT2D eigenvalue weighted by atomic mass is 10.2. The maximum atomic E-state index is 3.40. The monoisotopic (exact) mass is 265 g/mol. The molecule has 0 aliphatic heterocycles. The molecule has 0 aliphatic carbocycles. The Morgan fingerprint density at radius 1 is 1.06 bits per heavy atom. The molecule has 1 unspecified atom stereocenters. The van der Waals surface area contributed by atoms with Crippen LogP contribution in [0, 0.1) is 0 Å². The van der Waals surface area contributed by atoms with Gasteiger partial charge in [-0.1, -0.05) is 6.07 Å². The van der Waals surface area contributed by atoms with Gasteiger partial charge in [-0.25, -0.2) is 0 Å². The lowest BCUT2D eigenvalue weighted by Gasteiger charge is -2.11. The van der Waals surface area contributed by atoms with Crippen molar-refractivity contribution in [2.75, 3.05) is 7.05 Å². The highest BCUT2D eigenvalue weighted by atomic mass is 32.1. The van der Waals surface area contributed by atoms with Crippen molar-refractivity contribution in [2.24, 2.45) is 0 Å². The number of nitrogens with one attached hydrogen (secondary N) is 1. The summed E-state index contributed by atoms with van der Waals surface area (Å²) in [6, 6.07) is 9.17. The van der Waals surface area contributed by atoms with E-state index >= 15 is 0 Å². The minimum Gasteiger partial charge on any atom is -0.308 e. The molecule has 3 aromatic rings. The van der Waals surface area contributed by atoms with Gasteiger partial charge in [0.25, 0.3) is 0 Å². The Bertz CT molecular complexity index is 548. The Kier molecular flexibility index (Phi) is 2.81. The molecule has 0 amide bonds. The van der Waals surface area contributed by atoms with Crippen molar-refractivity contribution in [3.05, 3.63) is 44.8 Å². The van der Waals surface area contributed by atoms with Gasteiger partial charge >= 0.3 is 0 Å². The summed E-state index contributed by atoms with van der Waals surface area (Å²) >= 11 is 5.52. The molecule has 82 valence electrons. The zero-order valence-electron chi connectivity index (χ0n) is 8.77. The number of rotatable bonds is 3. The molecule has 3 aromatic heterocycles. The van der Waals surface area contributed by atoms with Gasteiger partial charge in [0.2, 0.25) is 0 Å². The van der Waals surface area contributed by atoms with Crippen molar-refractivity contribution in [3.63, 3.8) is 0 Å². The Hall–Kier alpha value is -0.680. The highest BCUT2D eigenvalue weighted by Gasteiger charge is 2.15. The molecule has 3 rings (SSSR count). The molecule has 0 aromatic carbocycles. The fraction of sp³-hybridized carbons (Fsp3) is 0.167. The van der Waals surface area contributed by atoms with Gasteiger partial charge in [0, 0.05) is 19.2 Å². The van der Waals surface area contributed by atoms with Crippen LogP contribution in [0.3, 0.4) is 0 Å². The first-order valence-electron chi connectivity index (χ1n) is 5.06. The van der Waals surface area contributed by atoms with Crippen LogP contribution >= 0.6 is 34.0 Å². The van der Waals surface area contributed by atoms with Crippen molar-refractivity contribution in [2.45, 2.75) is 6.04 Å². The fourth-order valence-electron chi connectivity index (χ4n) is 1.81. The Morgan fingerprint density at radius 2 is 2.00 bits per heavy atom. The summed E-state index contributed by atoms with van der Waals surface area (Å²) in [6.07, 6.45) is 0. The van der Waals surface area contributed by atoms with Gasteiger partial charge < -0.3 is 5.32 Å². The first-order chi connectivity index (χ1) is 7.88. The van der Waals surface area contributed by atoms with Crippen LogP contribution in [0.4, 0.5) is 0 Å². The van der Waals surface area contributed by atoms with Gasteiger partial charge in [0.1, 0.15) is 0 Å². The Labute approximate surface area is 106 Å². The number of thiophene rings is 3. The van der Waals surface area contributed by atoms with Crippen LogP contribution in [-0.4, -0.2) is 7.05 Å². The third-order valence-electron chi connectivity index (χ3n) is 2.56. The molecule has 0 radical (unpaired) electrons. The van der Waals surface area contributed by atoms with E-state index in [-0.39, 0.29) is 0 Å². The zero-order valence-corrected chi connectivity index (χ0v) is 11.2. The van der Waals surface area contributed by atoms with Crippen LogP contribution in [0.5, 0.6) is 0 Å². The Morgan fingerprint density at radius 3 is 2.69 bits per heavy atom. The van der Waals surface area contributed by atoms with E-state index in [0.29, 0.717) is 6.04 Å². The van der Waals surface area contributed by atoms with E-state index in [9.17, 15) is 0 Å². The quantitative estimate of drug-likeness (QED) is 0.743. The maximum Gasteiger partial charge on any atom is 0.0763 e. The van der Waals surface area contributed by atoms with E-state index in [4.69, 9.17) is 0 Å².